The Balaban J connectivity index is 1.53. The summed E-state index contributed by atoms with van der Waals surface area (Å²) < 4.78 is 1.54. The van der Waals surface area contributed by atoms with E-state index in [2.05, 4.69) is 20.5 Å². The molecule has 0 aromatic carbocycles. The van der Waals surface area contributed by atoms with Crippen molar-refractivity contribution >= 4 is 5.91 Å². The van der Waals surface area contributed by atoms with Crippen molar-refractivity contribution in [2.24, 2.45) is 11.7 Å². The molecule has 1 atom stereocenters. The lowest BCUT2D eigenvalue weighted by atomic mass is 9.84. The SMILES string of the molecule is NCc1cn(CC(=O)NC2CN3CCC2CC3)nn1. The lowest BCUT2D eigenvalue weighted by Gasteiger charge is -2.44. The third-order valence-electron chi connectivity index (χ3n) is 4.10. The smallest absolute Gasteiger partial charge is 0.242 e. The molecule has 2 bridgehead atoms. The van der Waals surface area contributed by atoms with E-state index in [1.54, 1.807) is 10.9 Å². The Labute approximate surface area is 112 Å². The molecule has 7 nitrogen and oxygen atoms in total. The molecule has 0 aliphatic carbocycles. The summed E-state index contributed by atoms with van der Waals surface area (Å²) in [4.78, 5) is 14.4. The summed E-state index contributed by atoms with van der Waals surface area (Å²) in [6, 6.07) is 0.299. The van der Waals surface area contributed by atoms with Gasteiger partial charge in [-0.15, -0.1) is 5.10 Å². The molecule has 3 aliphatic rings. The molecular weight excluding hydrogens is 244 g/mol. The van der Waals surface area contributed by atoms with Crippen molar-refractivity contribution in [3.63, 3.8) is 0 Å². The summed E-state index contributed by atoms with van der Waals surface area (Å²) in [6.45, 7) is 3.92. The maximum atomic E-state index is 12.0. The Kier molecular flexibility index (Phi) is 3.48. The van der Waals surface area contributed by atoms with Crippen LogP contribution in [0.1, 0.15) is 18.5 Å². The first-order valence-electron chi connectivity index (χ1n) is 6.85. The van der Waals surface area contributed by atoms with Crippen LogP contribution in [0.2, 0.25) is 0 Å². The molecule has 1 aromatic rings. The lowest BCUT2D eigenvalue weighted by molar-refractivity contribution is -0.124. The first-order valence-corrected chi connectivity index (χ1v) is 6.85. The number of piperidine rings is 3. The van der Waals surface area contributed by atoms with Gasteiger partial charge in [0.25, 0.3) is 0 Å². The number of fused-ring (bicyclic) bond motifs is 3. The normalized spacial score (nSPS) is 29.4. The number of carbonyl (C=O) groups excluding carboxylic acids is 1. The molecule has 0 saturated carbocycles. The minimum atomic E-state index is 0.00669. The minimum absolute atomic E-state index is 0.00669. The Morgan fingerprint density at radius 2 is 2.26 bits per heavy atom. The van der Waals surface area contributed by atoms with Gasteiger partial charge in [0, 0.05) is 19.1 Å². The van der Waals surface area contributed by atoms with Crippen LogP contribution in [0.5, 0.6) is 0 Å². The fourth-order valence-electron chi connectivity index (χ4n) is 3.04. The van der Waals surface area contributed by atoms with E-state index in [-0.39, 0.29) is 12.5 Å². The largest absolute Gasteiger partial charge is 0.350 e. The number of hydrogen-bond donors (Lipinski definition) is 2. The Morgan fingerprint density at radius 1 is 1.47 bits per heavy atom. The van der Waals surface area contributed by atoms with Crippen molar-refractivity contribution in [2.75, 3.05) is 19.6 Å². The summed E-state index contributed by atoms with van der Waals surface area (Å²) in [6.07, 6.45) is 4.12. The molecule has 1 unspecified atom stereocenters. The molecule has 7 heteroatoms. The quantitative estimate of drug-likeness (QED) is 0.724. The molecule has 3 fully saturated rings. The highest BCUT2D eigenvalue weighted by Crippen LogP contribution is 2.27. The first kappa shape index (κ1) is 12.6. The van der Waals surface area contributed by atoms with Crippen molar-refractivity contribution < 1.29 is 4.79 Å². The molecule has 1 aromatic heterocycles. The van der Waals surface area contributed by atoms with Crippen molar-refractivity contribution in [1.29, 1.82) is 0 Å². The number of nitrogens with zero attached hydrogens (tertiary/aromatic N) is 4. The van der Waals surface area contributed by atoms with E-state index in [0.717, 1.165) is 6.54 Å². The highest BCUT2D eigenvalue weighted by Gasteiger charge is 2.34. The van der Waals surface area contributed by atoms with E-state index in [9.17, 15) is 4.79 Å². The van der Waals surface area contributed by atoms with Crippen molar-refractivity contribution in [1.82, 2.24) is 25.2 Å². The number of hydrogen-bond acceptors (Lipinski definition) is 5. The highest BCUT2D eigenvalue weighted by atomic mass is 16.2. The standard InChI is InChI=1S/C12H20N6O/c13-5-10-6-18(16-15-10)8-12(19)14-11-7-17-3-1-9(11)2-4-17/h6,9,11H,1-5,7-8,13H2,(H,14,19). The van der Waals surface area contributed by atoms with E-state index in [1.165, 1.54) is 25.9 Å². The van der Waals surface area contributed by atoms with Crippen LogP contribution < -0.4 is 11.1 Å². The van der Waals surface area contributed by atoms with Crippen LogP contribution in [0.15, 0.2) is 6.20 Å². The Bertz CT molecular complexity index is 451. The van der Waals surface area contributed by atoms with Crippen LogP contribution in [-0.2, 0) is 17.9 Å². The van der Waals surface area contributed by atoms with Crippen LogP contribution >= 0.6 is 0 Å². The van der Waals surface area contributed by atoms with Gasteiger partial charge in [-0.1, -0.05) is 5.21 Å². The summed E-state index contributed by atoms with van der Waals surface area (Å²) in [5.74, 6) is 0.650. The van der Waals surface area contributed by atoms with Crippen molar-refractivity contribution in [2.45, 2.75) is 32.0 Å². The Morgan fingerprint density at radius 3 is 2.84 bits per heavy atom. The molecule has 3 aliphatic heterocycles. The number of nitrogens with one attached hydrogen (secondary N) is 1. The average molecular weight is 264 g/mol. The molecule has 0 radical (unpaired) electrons. The number of aromatic nitrogens is 3. The van der Waals surface area contributed by atoms with Crippen molar-refractivity contribution in [3.8, 4) is 0 Å². The van der Waals surface area contributed by atoms with Gasteiger partial charge in [-0.2, -0.15) is 0 Å². The van der Waals surface area contributed by atoms with E-state index >= 15 is 0 Å². The maximum Gasteiger partial charge on any atom is 0.242 e. The molecule has 19 heavy (non-hydrogen) atoms. The van der Waals surface area contributed by atoms with E-state index in [1.807, 2.05) is 0 Å². The molecule has 0 spiro atoms. The molecular formula is C12H20N6O. The average Bonchev–Trinajstić information content (AvgIpc) is 2.87. The molecule has 104 valence electrons. The maximum absolute atomic E-state index is 12.0. The number of amides is 1. The number of nitrogens with two attached hydrogens (primary N) is 1. The van der Waals surface area contributed by atoms with Crippen LogP contribution in [0.4, 0.5) is 0 Å². The Hall–Kier alpha value is -1.47. The van der Waals surface area contributed by atoms with Crippen LogP contribution in [0.3, 0.4) is 0 Å². The minimum Gasteiger partial charge on any atom is -0.350 e. The molecule has 3 saturated heterocycles. The second-order valence-corrected chi connectivity index (χ2v) is 5.42. The van der Waals surface area contributed by atoms with Gasteiger partial charge in [0.2, 0.25) is 5.91 Å². The summed E-state index contributed by atoms with van der Waals surface area (Å²) in [5.41, 5.74) is 6.17. The zero-order chi connectivity index (χ0) is 13.2. The second kappa shape index (κ2) is 5.26. The summed E-state index contributed by atoms with van der Waals surface area (Å²) in [7, 11) is 0. The highest BCUT2D eigenvalue weighted by molar-refractivity contribution is 5.76. The van der Waals surface area contributed by atoms with Crippen LogP contribution in [0.25, 0.3) is 0 Å². The monoisotopic (exact) mass is 264 g/mol. The molecule has 4 rings (SSSR count). The van der Waals surface area contributed by atoms with Gasteiger partial charge in [-0.05, 0) is 31.8 Å². The molecule has 3 N–H and O–H groups in total. The van der Waals surface area contributed by atoms with E-state index in [0.29, 0.717) is 24.2 Å². The van der Waals surface area contributed by atoms with E-state index in [4.69, 9.17) is 5.73 Å². The van der Waals surface area contributed by atoms with Gasteiger partial charge >= 0.3 is 0 Å². The van der Waals surface area contributed by atoms with Gasteiger partial charge < -0.3 is 16.0 Å². The van der Waals surface area contributed by atoms with Gasteiger partial charge in [0.15, 0.2) is 0 Å². The fraction of sp³-hybridized carbons (Fsp3) is 0.750. The van der Waals surface area contributed by atoms with Gasteiger partial charge in [0.1, 0.15) is 6.54 Å². The topological polar surface area (TPSA) is 89.1 Å². The van der Waals surface area contributed by atoms with Gasteiger partial charge in [0.05, 0.1) is 11.9 Å². The lowest BCUT2D eigenvalue weighted by Crippen LogP contribution is -2.57. The zero-order valence-corrected chi connectivity index (χ0v) is 11.0. The summed E-state index contributed by atoms with van der Waals surface area (Å²) >= 11 is 0. The van der Waals surface area contributed by atoms with E-state index < -0.39 is 0 Å². The molecule has 4 heterocycles. The second-order valence-electron chi connectivity index (χ2n) is 5.42. The predicted molar refractivity (Wildman–Crippen MR) is 69.0 cm³/mol. The van der Waals surface area contributed by atoms with Gasteiger partial charge in [-0.25, -0.2) is 4.68 Å². The first-order chi connectivity index (χ1) is 9.24. The number of rotatable bonds is 4. The summed E-state index contributed by atoms with van der Waals surface area (Å²) in [5, 5.41) is 10.9. The van der Waals surface area contributed by atoms with Crippen LogP contribution in [-0.4, -0.2) is 51.5 Å². The fourth-order valence-corrected chi connectivity index (χ4v) is 3.04. The third-order valence-corrected chi connectivity index (χ3v) is 4.10. The third kappa shape index (κ3) is 2.76. The van der Waals surface area contributed by atoms with Crippen LogP contribution in [0, 0.1) is 5.92 Å². The molecule has 1 amide bonds. The number of carbonyl (C=O) groups is 1. The van der Waals surface area contributed by atoms with Gasteiger partial charge in [-0.3, -0.25) is 4.79 Å². The predicted octanol–water partition coefficient (Wildman–Crippen LogP) is -1.05. The van der Waals surface area contributed by atoms with Crippen molar-refractivity contribution in [3.05, 3.63) is 11.9 Å². The zero-order valence-electron chi connectivity index (χ0n) is 11.0.